The smallest absolute Gasteiger partial charge is 0.264 e. The Morgan fingerprint density at radius 3 is 2.25 bits per heavy atom. The lowest BCUT2D eigenvalue weighted by atomic mass is 10.1. The van der Waals surface area contributed by atoms with E-state index in [0.29, 0.717) is 31.6 Å². The summed E-state index contributed by atoms with van der Waals surface area (Å²) < 4.78 is 28.1. The Bertz CT molecular complexity index is 1240. The first kappa shape index (κ1) is 20.6. The van der Waals surface area contributed by atoms with Crippen LogP contribution in [0.2, 0.25) is 0 Å². The Morgan fingerprint density at radius 2 is 1.47 bits per heavy atom. The van der Waals surface area contributed by atoms with Crippen molar-refractivity contribution in [2.75, 3.05) is 41.9 Å². The zero-order chi connectivity index (χ0) is 22.1. The maximum absolute atomic E-state index is 13.3. The molecule has 0 atom stereocenters. The van der Waals surface area contributed by atoms with Gasteiger partial charge in [0, 0.05) is 44.0 Å². The highest BCUT2D eigenvalue weighted by molar-refractivity contribution is 7.92. The van der Waals surface area contributed by atoms with Crippen LogP contribution >= 0.6 is 0 Å². The molecular formula is C25H25N3O3S. The van der Waals surface area contributed by atoms with E-state index in [2.05, 4.69) is 17.0 Å². The van der Waals surface area contributed by atoms with Gasteiger partial charge in [0.2, 0.25) is 0 Å². The second-order valence-corrected chi connectivity index (χ2v) is 9.96. The van der Waals surface area contributed by atoms with Crippen molar-refractivity contribution in [3.63, 3.8) is 0 Å². The molecule has 3 aromatic carbocycles. The number of fused-ring (bicyclic) bond motifs is 1. The molecular weight excluding hydrogens is 422 g/mol. The average Bonchev–Trinajstić information content (AvgIpc) is 3.29. The molecule has 1 amide bonds. The van der Waals surface area contributed by atoms with Crippen molar-refractivity contribution in [3.8, 4) is 0 Å². The molecule has 0 spiro atoms. The molecule has 0 radical (unpaired) electrons. The number of sulfonamides is 1. The number of amides is 1. The van der Waals surface area contributed by atoms with Crippen molar-refractivity contribution >= 4 is 27.3 Å². The van der Waals surface area contributed by atoms with Gasteiger partial charge in [0.25, 0.3) is 15.9 Å². The molecule has 2 aliphatic heterocycles. The highest BCUT2D eigenvalue weighted by Crippen LogP contribution is 2.33. The number of para-hydroxylation sites is 2. The molecule has 5 rings (SSSR count). The SMILES string of the molecule is O=C(c1cccc(S(=O)(=O)N2CCc3ccccc32)c1)N1CCN(c2ccccc2)CC1. The number of piperazine rings is 1. The van der Waals surface area contributed by atoms with Crippen LogP contribution in [0.25, 0.3) is 0 Å². The third kappa shape index (κ3) is 3.73. The first-order valence-electron chi connectivity index (χ1n) is 10.8. The summed E-state index contributed by atoms with van der Waals surface area (Å²) in [6, 6.07) is 24.2. The summed E-state index contributed by atoms with van der Waals surface area (Å²) in [5.41, 5.74) is 3.31. The molecule has 1 fully saturated rings. The Labute approximate surface area is 188 Å². The molecule has 6 nitrogen and oxygen atoms in total. The van der Waals surface area contributed by atoms with E-state index in [-0.39, 0.29) is 10.8 Å². The zero-order valence-corrected chi connectivity index (χ0v) is 18.5. The lowest BCUT2D eigenvalue weighted by Gasteiger charge is -2.36. The molecule has 1 saturated heterocycles. The summed E-state index contributed by atoms with van der Waals surface area (Å²) in [6.07, 6.45) is 0.694. The summed E-state index contributed by atoms with van der Waals surface area (Å²) in [5, 5.41) is 0. The lowest BCUT2D eigenvalue weighted by molar-refractivity contribution is 0.0746. The van der Waals surface area contributed by atoms with Gasteiger partial charge in [0.15, 0.2) is 0 Å². The summed E-state index contributed by atoms with van der Waals surface area (Å²) in [4.78, 5) is 17.4. The fourth-order valence-corrected chi connectivity index (χ4v) is 6.01. The number of hydrogen-bond acceptors (Lipinski definition) is 4. The van der Waals surface area contributed by atoms with Crippen LogP contribution in [0.15, 0.2) is 83.8 Å². The fraction of sp³-hybridized carbons (Fsp3) is 0.240. The van der Waals surface area contributed by atoms with Gasteiger partial charge in [-0.1, -0.05) is 42.5 Å². The first-order chi connectivity index (χ1) is 15.5. The first-order valence-corrected chi connectivity index (χ1v) is 12.3. The third-order valence-electron chi connectivity index (χ3n) is 6.20. The minimum atomic E-state index is -3.73. The monoisotopic (exact) mass is 447 g/mol. The van der Waals surface area contributed by atoms with Crippen molar-refractivity contribution in [2.45, 2.75) is 11.3 Å². The van der Waals surface area contributed by atoms with Crippen LogP contribution in [0.3, 0.4) is 0 Å². The van der Waals surface area contributed by atoms with Gasteiger partial charge in [-0.2, -0.15) is 0 Å². The topological polar surface area (TPSA) is 60.9 Å². The van der Waals surface area contributed by atoms with Crippen LogP contribution in [0.5, 0.6) is 0 Å². The Hall–Kier alpha value is -3.32. The molecule has 0 aromatic heterocycles. The van der Waals surface area contributed by atoms with E-state index in [4.69, 9.17) is 0 Å². The fourth-order valence-electron chi connectivity index (χ4n) is 4.46. The predicted octanol–water partition coefficient (Wildman–Crippen LogP) is 3.40. The number of carbonyl (C=O) groups excluding carboxylic acids is 1. The number of anilines is 2. The predicted molar refractivity (Wildman–Crippen MR) is 126 cm³/mol. The normalized spacial score (nSPS) is 16.2. The van der Waals surface area contributed by atoms with E-state index in [1.807, 2.05) is 42.5 Å². The van der Waals surface area contributed by atoms with Gasteiger partial charge >= 0.3 is 0 Å². The second kappa shape index (κ2) is 8.31. The van der Waals surface area contributed by atoms with Gasteiger partial charge < -0.3 is 9.80 Å². The Kier molecular flexibility index (Phi) is 5.35. The van der Waals surface area contributed by atoms with E-state index in [9.17, 15) is 13.2 Å². The molecule has 32 heavy (non-hydrogen) atoms. The van der Waals surface area contributed by atoms with Crippen molar-refractivity contribution < 1.29 is 13.2 Å². The highest BCUT2D eigenvalue weighted by atomic mass is 32.2. The molecule has 164 valence electrons. The van der Waals surface area contributed by atoms with Crippen molar-refractivity contribution in [1.29, 1.82) is 0 Å². The number of carbonyl (C=O) groups is 1. The Balaban J connectivity index is 1.33. The Morgan fingerprint density at radius 1 is 0.750 bits per heavy atom. The van der Waals surface area contributed by atoms with Crippen molar-refractivity contribution in [2.24, 2.45) is 0 Å². The molecule has 2 heterocycles. The maximum atomic E-state index is 13.3. The zero-order valence-electron chi connectivity index (χ0n) is 17.7. The van der Waals surface area contributed by atoms with Gasteiger partial charge in [0.05, 0.1) is 10.6 Å². The molecule has 0 bridgehead atoms. The largest absolute Gasteiger partial charge is 0.368 e. The minimum Gasteiger partial charge on any atom is -0.368 e. The number of hydrogen-bond donors (Lipinski definition) is 0. The van der Waals surface area contributed by atoms with E-state index in [0.717, 1.165) is 30.0 Å². The lowest BCUT2D eigenvalue weighted by Crippen LogP contribution is -2.48. The van der Waals surface area contributed by atoms with Crippen LogP contribution < -0.4 is 9.21 Å². The van der Waals surface area contributed by atoms with Crippen molar-refractivity contribution in [1.82, 2.24) is 4.90 Å². The number of rotatable bonds is 4. The summed E-state index contributed by atoms with van der Waals surface area (Å²) in [6.45, 7) is 3.12. The molecule has 0 unspecified atom stereocenters. The highest BCUT2D eigenvalue weighted by Gasteiger charge is 2.31. The third-order valence-corrected chi connectivity index (χ3v) is 8.01. The van der Waals surface area contributed by atoms with Crippen LogP contribution in [-0.2, 0) is 16.4 Å². The maximum Gasteiger partial charge on any atom is 0.264 e. The molecule has 3 aromatic rings. The average molecular weight is 448 g/mol. The number of nitrogens with zero attached hydrogens (tertiary/aromatic N) is 3. The van der Waals surface area contributed by atoms with Gasteiger partial charge in [0.1, 0.15) is 0 Å². The summed E-state index contributed by atoms with van der Waals surface area (Å²) >= 11 is 0. The molecule has 0 saturated carbocycles. The molecule has 7 heteroatoms. The van der Waals surface area contributed by atoms with Gasteiger partial charge in [-0.15, -0.1) is 0 Å². The van der Waals surface area contributed by atoms with Gasteiger partial charge in [-0.25, -0.2) is 8.42 Å². The molecule has 2 aliphatic rings. The molecule has 0 N–H and O–H groups in total. The van der Waals surface area contributed by atoms with E-state index < -0.39 is 10.0 Å². The number of benzene rings is 3. The van der Waals surface area contributed by atoms with Crippen LogP contribution in [-0.4, -0.2) is 51.9 Å². The van der Waals surface area contributed by atoms with Crippen LogP contribution in [0.1, 0.15) is 15.9 Å². The summed E-state index contributed by atoms with van der Waals surface area (Å²) in [5.74, 6) is -0.128. The molecule has 0 aliphatic carbocycles. The summed E-state index contributed by atoms with van der Waals surface area (Å²) in [7, 11) is -3.73. The standard InChI is InChI=1S/C25H25N3O3S/c29-25(27-17-15-26(16-18-27)22-9-2-1-3-10-22)21-8-6-11-23(19-21)32(30,31)28-14-13-20-7-4-5-12-24(20)28/h1-12,19H,13-18H2. The van der Waals surface area contributed by atoms with Crippen LogP contribution in [0, 0.1) is 0 Å². The minimum absolute atomic E-state index is 0.128. The van der Waals surface area contributed by atoms with E-state index in [1.165, 1.54) is 10.4 Å². The second-order valence-electron chi connectivity index (χ2n) is 8.10. The van der Waals surface area contributed by atoms with E-state index >= 15 is 0 Å². The van der Waals surface area contributed by atoms with Gasteiger partial charge in [-0.3, -0.25) is 9.10 Å². The van der Waals surface area contributed by atoms with Crippen LogP contribution in [0.4, 0.5) is 11.4 Å². The van der Waals surface area contributed by atoms with E-state index in [1.54, 1.807) is 23.1 Å². The van der Waals surface area contributed by atoms with Gasteiger partial charge in [-0.05, 0) is 48.4 Å². The van der Waals surface area contributed by atoms with Crippen molar-refractivity contribution in [3.05, 3.63) is 90.0 Å². The quantitative estimate of drug-likeness (QED) is 0.615.